The van der Waals surface area contributed by atoms with E-state index in [1.54, 1.807) is 0 Å². The predicted molar refractivity (Wildman–Crippen MR) is 104 cm³/mol. The summed E-state index contributed by atoms with van der Waals surface area (Å²) in [4.78, 5) is 16.7. The van der Waals surface area contributed by atoms with E-state index < -0.39 is 0 Å². The Labute approximate surface area is 154 Å². The Morgan fingerprint density at radius 3 is 2.69 bits per heavy atom. The second kappa shape index (κ2) is 8.48. The molecule has 0 aliphatic rings. The average molecular weight is 348 g/mol. The van der Waals surface area contributed by atoms with E-state index in [0.717, 1.165) is 29.4 Å². The minimum absolute atomic E-state index is 0.00951. The second-order valence-corrected chi connectivity index (χ2v) is 6.56. The molecule has 134 valence electrons. The minimum Gasteiger partial charge on any atom is -0.481 e. The molecule has 0 unspecified atom stereocenters. The van der Waals surface area contributed by atoms with Crippen LogP contribution in [0.3, 0.4) is 0 Å². The Kier molecular flexibility index (Phi) is 5.84. The Morgan fingerprint density at radius 1 is 1.08 bits per heavy atom. The largest absolute Gasteiger partial charge is 0.481 e. The first kappa shape index (κ1) is 17.9. The van der Waals surface area contributed by atoms with Gasteiger partial charge in [0.05, 0.1) is 0 Å². The lowest BCUT2D eigenvalue weighted by Gasteiger charge is -2.15. The maximum absolute atomic E-state index is 12.2. The molecule has 0 bridgehead atoms. The van der Waals surface area contributed by atoms with Crippen molar-refractivity contribution in [3.05, 3.63) is 71.9 Å². The second-order valence-electron chi connectivity index (χ2n) is 6.56. The van der Waals surface area contributed by atoms with Gasteiger partial charge in [-0.2, -0.15) is 0 Å². The topological polar surface area (TPSA) is 51.2 Å². The predicted octanol–water partition coefficient (Wildman–Crippen LogP) is 4.06. The third kappa shape index (κ3) is 4.82. The van der Waals surface area contributed by atoms with Crippen molar-refractivity contribution >= 4 is 16.8 Å². The highest BCUT2D eigenvalue weighted by Gasteiger charge is 2.10. The number of carbonyl (C=O) groups excluding carboxylic acids is 1. The molecule has 3 rings (SSSR count). The molecule has 0 saturated carbocycles. The quantitative estimate of drug-likeness (QED) is 0.700. The number of rotatable bonds is 7. The number of carbonyl (C=O) groups is 1. The fraction of sp³-hybridized carbons (Fsp3) is 0.273. The number of hydrogen-bond donors (Lipinski definition) is 1. The van der Waals surface area contributed by atoms with Gasteiger partial charge < -0.3 is 10.1 Å². The van der Waals surface area contributed by atoms with E-state index in [9.17, 15) is 4.79 Å². The molecule has 0 aliphatic carbocycles. The van der Waals surface area contributed by atoms with E-state index in [-0.39, 0.29) is 18.6 Å². The van der Waals surface area contributed by atoms with Crippen LogP contribution in [-0.2, 0) is 11.2 Å². The maximum Gasteiger partial charge on any atom is 0.258 e. The van der Waals surface area contributed by atoms with Crippen molar-refractivity contribution in [3.8, 4) is 5.75 Å². The van der Waals surface area contributed by atoms with Crippen molar-refractivity contribution in [1.82, 2.24) is 10.3 Å². The Morgan fingerprint density at radius 2 is 1.88 bits per heavy atom. The molecule has 1 amide bonds. The molecular weight excluding hydrogens is 324 g/mol. The van der Waals surface area contributed by atoms with Gasteiger partial charge in [-0.05, 0) is 44.4 Å². The van der Waals surface area contributed by atoms with Crippen LogP contribution in [-0.4, -0.2) is 23.5 Å². The van der Waals surface area contributed by atoms with Gasteiger partial charge >= 0.3 is 0 Å². The Balaban J connectivity index is 1.52. The number of benzene rings is 2. The molecule has 0 fully saturated rings. The lowest BCUT2D eigenvalue weighted by molar-refractivity contribution is -0.123. The van der Waals surface area contributed by atoms with Crippen LogP contribution in [0.25, 0.3) is 10.9 Å². The molecular formula is C22H24N2O2. The summed E-state index contributed by atoms with van der Waals surface area (Å²) in [5, 5.41) is 4.00. The number of aromatic nitrogens is 1. The summed E-state index contributed by atoms with van der Waals surface area (Å²) in [6, 6.07) is 20.1. The van der Waals surface area contributed by atoms with Crippen LogP contribution in [0.15, 0.2) is 60.7 Å². The van der Waals surface area contributed by atoms with Crippen LogP contribution in [0.2, 0.25) is 0 Å². The van der Waals surface area contributed by atoms with Gasteiger partial charge in [0, 0.05) is 17.1 Å². The molecule has 0 aliphatic heterocycles. The lowest BCUT2D eigenvalue weighted by Crippen LogP contribution is -2.36. The van der Waals surface area contributed by atoms with Crippen molar-refractivity contribution < 1.29 is 9.53 Å². The number of nitrogens with one attached hydrogen (secondary N) is 1. The van der Waals surface area contributed by atoms with Crippen LogP contribution in [0.1, 0.15) is 24.6 Å². The first-order chi connectivity index (χ1) is 12.6. The number of para-hydroxylation sites is 1. The zero-order valence-electron chi connectivity index (χ0n) is 15.2. The fourth-order valence-electron chi connectivity index (χ4n) is 2.89. The summed E-state index contributed by atoms with van der Waals surface area (Å²) in [5.41, 5.74) is 2.99. The van der Waals surface area contributed by atoms with Gasteiger partial charge in [0.15, 0.2) is 6.61 Å². The number of nitrogens with zero attached hydrogens (tertiary/aromatic N) is 1. The van der Waals surface area contributed by atoms with Gasteiger partial charge in [0.2, 0.25) is 0 Å². The molecule has 1 atom stereocenters. The summed E-state index contributed by atoms with van der Waals surface area (Å²) in [5.74, 6) is 0.522. The highest BCUT2D eigenvalue weighted by Crippen LogP contribution is 2.23. The van der Waals surface area contributed by atoms with Crippen LogP contribution < -0.4 is 10.1 Å². The number of hydrogen-bond acceptors (Lipinski definition) is 3. The number of amides is 1. The lowest BCUT2D eigenvalue weighted by atomic mass is 10.1. The Hall–Kier alpha value is -2.88. The maximum atomic E-state index is 12.2. The highest BCUT2D eigenvalue weighted by atomic mass is 16.5. The number of ether oxygens (including phenoxy) is 1. The Bertz CT molecular complexity index is 878. The van der Waals surface area contributed by atoms with Crippen molar-refractivity contribution in [2.75, 3.05) is 6.61 Å². The van der Waals surface area contributed by atoms with E-state index in [2.05, 4.69) is 22.4 Å². The number of fused-ring (bicyclic) bond motifs is 1. The van der Waals surface area contributed by atoms with Crippen molar-refractivity contribution in [1.29, 1.82) is 0 Å². The van der Waals surface area contributed by atoms with Crippen LogP contribution in [0, 0.1) is 6.92 Å². The van der Waals surface area contributed by atoms with E-state index in [0.29, 0.717) is 5.75 Å². The molecule has 26 heavy (non-hydrogen) atoms. The first-order valence-electron chi connectivity index (χ1n) is 8.94. The zero-order chi connectivity index (χ0) is 18.4. The van der Waals surface area contributed by atoms with Crippen LogP contribution in [0.4, 0.5) is 0 Å². The molecule has 0 radical (unpaired) electrons. The summed E-state index contributed by atoms with van der Waals surface area (Å²) in [6.45, 7) is 3.95. The van der Waals surface area contributed by atoms with E-state index >= 15 is 0 Å². The molecule has 4 nitrogen and oxygen atoms in total. The minimum atomic E-state index is -0.116. The van der Waals surface area contributed by atoms with E-state index in [1.165, 1.54) is 5.56 Å². The van der Waals surface area contributed by atoms with E-state index in [4.69, 9.17) is 4.74 Å². The molecule has 4 heteroatoms. The van der Waals surface area contributed by atoms with Crippen molar-refractivity contribution in [3.63, 3.8) is 0 Å². The smallest absolute Gasteiger partial charge is 0.258 e. The summed E-state index contributed by atoms with van der Waals surface area (Å²) in [6.07, 6.45) is 1.83. The van der Waals surface area contributed by atoms with Crippen LogP contribution in [0.5, 0.6) is 5.75 Å². The molecule has 1 N–H and O–H groups in total. The molecule has 1 heterocycles. The zero-order valence-corrected chi connectivity index (χ0v) is 15.2. The third-order valence-corrected chi connectivity index (χ3v) is 4.30. The fourth-order valence-corrected chi connectivity index (χ4v) is 2.89. The molecule has 0 saturated heterocycles. The van der Waals surface area contributed by atoms with Crippen molar-refractivity contribution in [2.24, 2.45) is 0 Å². The number of pyridine rings is 1. The number of aryl methyl sites for hydroxylation is 2. The van der Waals surface area contributed by atoms with Gasteiger partial charge in [-0.3, -0.25) is 4.79 Å². The monoisotopic (exact) mass is 348 g/mol. The molecule has 0 spiro atoms. The van der Waals surface area contributed by atoms with Gasteiger partial charge in [0.25, 0.3) is 5.91 Å². The molecule has 3 aromatic rings. The van der Waals surface area contributed by atoms with Gasteiger partial charge in [-0.15, -0.1) is 0 Å². The summed E-state index contributed by atoms with van der Waals surface area (Å²) in [7, 11) is 0. The van der Waals surface area contributed by atoms with Gasteiger partial charge in [0.1, 0.15) is 11.3 Å². The van der Waals surface area contributed by atoms with Crippen LogP contribution >= 0.6 is 0 Å². The third-order valence-electron chi connectivity index (χ3n) is 4.30. The molecule has 1 aromatic heterocycles. The average Bonchev–Trinajstić information content (AvgIpc) is 2.65. The normalized spacial score (nSPS) is 11.9. The highest BCUT2D eigenvalue weighted by molar-refractivity contribution is 5.85. The molecule has 2 aromatic carbocycles. The van der Waals surface area contributed by atoms with Gasteiger partial charge in [-0.1, -0.05) is 48.5 Å². The van der Waals surface area contributed by atoms with Gasteiger partial charge in [-0.25, -0.2) is 4.98 Å². The standard InChI is InChI=1S/C22H24N2O2/c1-16(11-13-18-7-4-3-5-8-18)23-21(25)15-26-20-10-6-9-19-14-12-17(2)24-22(19)20/h3-10,12,14,16H,11,13,15H2,1-2H3,(H,23,25)/t16-/m1/s1. The first-order valence-corrected chi connectivity index (χ1v) is 8.94. The van der Waals surface area contributed by atoms with Crippen molar-refractivity contribution in [2.45, 2.75) is 32.7 Å². The SMILES string of the molecule is Cc1ccc2cccc(OCC(=O)N[C@H](C)CCc3ccccc3)c2n1. The summed E-state index contributed by atoms with van der Waals surface area (Å²) >= 11 is 0. The summed E-state index contributed by atoms with van der Waals surface area (Å²) < 4.78 is 5.73. The van der Waals surface area contributed by atoms with E-state index in [1.807, 2.05) is 62.4 Å².